The normalized spacial score (nSPS) is 15.5. The molecule has 0 spiro atoms. The minimum absolute atomic E-state index is 0.0205. The monoisotopic (exact) mass is 365 g/mol. The molecule has 28 heavy (non-hydrogen) atoms. The first-order valence-electron chi connectivity index (χ1n) is 9.96. The van der Waals surface area contributed by atoms with E-state index in [0.717, 1.165) is 5.69 Å². The van der Waals surface area contributed by atoms with E-state index in [0.29, 0.717) is 0 Å². The van der Waals surface area contributed by atoms with E-state index in [1.807, 2.05) is 13.0 Å². The fourth-order valence-corrected chi connectivity index (χ4v) is 4.16. The van der Waals surface area contributed by atoms with Gasteiger partial charge in [-0.25, -0.2) is 0 Å². The number of benzene rings is 3. The van der Waals surface area contributed by atoms with E-state index in [-0.39, 0.29) is 11.5 Å². The van der Waals surface area contributed by atoms with Gasteiger partial charge in [0, 0.05) is 11.1 Å². The van der Waals surface area contributed by atoms with Crippen molar-refractivity contribution in [3.8, 4) is 11.1 Å². The zero-order valence-electron chi connectivity index (χ0n) is 16.8. The van der Waals surface area contributed by atoms with Crippen LogP contribution < -0.4 is 5.32 Å². The number of allylic oxidation sites excluding steroid dienone is 3. The Hall–Kier alpha value is -3.06. The first kappa shape index (κ1) is 18.3. The zero-order valence-corrected chi connectivity index (χ0v) is 16.8. The second-order valence-corrected chi connectivity index (χ2v) is 7.87. The van der Waals surface area contributed by atoms with E-state index in [1.54, 1.807) is 0 Å². The smallest absolute Gasteiger partial charge is 0.0701 e. The molecule has 1 atom stereocenters. The van der Waals surface area contributed by atoms with Gasteiger partial charge in [-0.05, 0) is 46.9 Å². The summed E-state index contributed by atoms with van der Waals surface area (Å²) in [5.41, 5.74) is 7.95. The molecule has 0 saturated heterocycles. The number of fused-ring (bicyclic) bond motifs is 3. The van der Waals surface area contributed by atoms with E-state index in [1.165, 1.54) is 27.8 Å². The second kappa shape index (κ2) is 7.52. The molecule has 0 radical (unpaired) electrons. The molecule has 0 aromatic heterocycles. The first-order chi connectivity index (χ1) is 13.6. The van der Waals surface area contributed by atoms with Crippen LogP contribution >= 0.6 is 0 Å². The molecule has 1 heteroatoms. The Balaban J connectivity index is 1.70. The van der Waals surface area contributed by atoms with Crippen molar-refractivity contribution in [1.82, 2.24) is 0 Å². The van der Waals surface area contributed by atoms with E-state index in [9.17, 15) is 0 Å². The maximum absolute atomic E-state index is 3.73. The second-order valence-electron chi connectivity index (χ2n) is 7.87. The molecule has 1 unspecified atom stereocenters. The van der Waals surface area contributed by atoms with Gasteiger partial charge in [0.1, 0.15) is 0 Å². The van der Waals surface area contributed by atoms with Crippen molar-refractivity contribution in [3.05, 3.63) is 114 Å². The van der Waals surface area contributed by atoms with Crippen LogP contribution in [0.2, 0.25) is 0 Å². The highest BCUT2D eigenvalue weighted by Gasteiger charge is 2.35. The van der Waals surface area contributed by atoms with Crippen molar-refractivity contribution >= 4 is 5.69 Å². The van der Waals surface area contributed by atoms with Gasteiger partial charge in [0.05, 0.1) is 6.04 Å². The minimum atomic E-state index is 0.0205. The van der Waals surface area contributed by atoms with Gasteiger partial charge in [0.25, 0.3) is 0 Å². The first-order valence-corrected chi connectivity index (χ1v) is 9.96. The van der Waals surface area contributed by atoms with Gasteiger partial charge in [-0.3, -0.25) is 0 Å². The summed E-state index contributed by atoms with van der Waals surface area (Å²) in [4.78, 5) is 0. The number of anilines is 1. The molecule has 0 saturated carbocycles. The highest BCUT2D eigenvalue weighted by molar-refractivity contribution is 5.82. The Bertz CT molecular complexity index is 1030. The van der Waals surface area contributed by atoms with Crippen molar-refractivity contribution < 1.29 is 0 Å². The predicted octanol–water partition coefficient (Wildman–Crippen LogP) is 7.28. The highest BCUT2D eigenvalue weighted by atomic mass is 14.9. The zero-order chi connectivity index (χ0) is 19.6. The molecular formula is C27H27N. The third kappa shape index (κ3) is 3.29. The van der Waals surface area contributed by atoms with E-state index >= 15 is 0 Å². The molecule has 4 rings (SSSR count). The lowest BCUT2D eigenvalue weighted by Crippen LogP contribution is -2.15. The molecular weight excluding hydrogens is 338 g/mol. The number of hydrogen-bond donors (Lipinski definition) is 1. The van der Waals surface area contributed by atoms with Gasteiger partial charge in [-0.15, -0.1) is 0 Å². The van der Waals surface area contributed by atoms with Crippen molar-refractivity contribution in [1.29, 1.82) is 0 Å². The van der Waals surface area contributed by atoms with Crippen LogP contribution in [0.5, 0.6) is 0 Å². The van der Waals surface area contributed by atoms with Crippen LogP contribution in [-0.4, -0.2) is 0 Å². The summed E-state index contributed by atoms with van der Waals surface area (Å²) in [6, 6.07) is 26.3. The molecule has 3 aromatic rings. The van der Waals surface area contributed by atoms with Crippen molar-refractivity contribution in [2.24, 2.45) is 0 Å². The van der Waals surface area contributed by atoms with Crippen LogP contribution in [0.4, 0.5) is 5.69 Å². The fraction of sp³-hybridized carbons (Fsp3) is 0.185. The van der Waals surface area contributed by atoms with Gasteiger partial charge in [-0.2, -0.15) is 0 Å². The summed E-state index contributed by atoms with van der Waals surface area (Å²) in [7, 11) is 0. The minimum Gasteiger partial charge on any atom is -0.375 e. The predicted molar refractivity (Wildman–Crippen MR) is 121 cm³/mol. The topological polar surface area (TPSA) is 12.0 Å². The van der Waals surface area contributed by atoms with Gasteiger partial charge < -0.3 is 5.32 Å². The lowest BCUT2D eigenvalue weighted by atomic mass is 9.82. The maximum atomic E-state index is 3.73. The van der Waals surface area contributed by atoms with E-state index in [2.05, 4.69) is 110 Å². The lowest BCUT2D eigenvalue weighted by molar-refractivity contribution is 0.660. The average Bonchev–Trinajstić information content (AvgIpc) is 2.95. The van der Waals surface area contributed by atoms with Crippen molar-refractivity contribution in [2.45, 2.75) is 32.2 Å². The van der Waals surface area contributed by atoms with Crippen LogP contribution in [-0.2, 0) is 5.41 Å². The Labute approximate surface area is 168 Å². The van der Waals surface area contributed by atoms with Crippen molar-refractivity contribution in [3.63, 3.8) is 0 Å². The summed E-state index contributed by atoms with van der Waals surface area (Å²) in [6.45, 7) is 6.68. The van der Waals surface area contributed by atoms with Crippen LogP contribution in [0, 0.1) is 0 Å². The summed E-state index contributed by atoms with van der Waals surface area (Å²) in [5, 5.41) is 3.73. The molecule has 0 aliphatic heterocycles. The maximum Gasteiger partial charge on any atom is 0.0701 e. The average molecular weight is 366 g/mol. The quantitative estimate of drug-likeness (QED) is 0.468. The van der Waals surface area contributed by atoms with E-state index < -0.39 is 0 Å². The molecule has 1 N–H and O–H groups in total. The third-order valence-electron chi connectivity index (χ3n) is 5.67. The molecule has 1 aliphatic rings. The molecule has 140 valence electrons. The molecule has 1 aliphatic carbocycles. The number of nitrogens with one attached hydrogen (secondary N) is 1. The van der Waals surface area contributed by atoms with Gasteiger partial charge in [-0.1, -0.05) is 98.8 Å². The molecule has 0 fully saturated rings. The van der Waals surface area contributed by atoms with Crippen LogP contribution in [0.25, 0.3) is 11.1 Å². The summed E-state index contributed by atoms with van der Waals surface area (Å²) >= 11 is 0. The fourth-order valence-electron chi connectivity index (χ4n) is 4.16. The van der Waals surface area contributed by atoms with Gasteiger partial charge in [0.2, 0.25) is 0 Å². The van der Waals surface area contributed by atoms with E-state index in [4.69, 9.17) is 0 Å². The van der Waals surface area contributed by atoms with Crippen LogP contribution in [0.15, 0.2) is 97.1 Å². The Kier molecular flexibility index (Phi) is 4.92. The largest absolute Gasteiger partial charge is 0.375 e. The van der Waals surface area contributed by atoms with Gasteiger partial charge in [0.15, 0.2) is 0 Å². The standard InChI is InChI=1S/C27H27N/c1-4-5-7-16-26(20-12-8-6-9-13-20)28-21-17-18-23-22-14-10-11-15-24(22)27(2,3)25(23)19-21/h4-19,26,28H,1-3H3. The molecule has 3 aromatic carbocycles. The Morgan fingerprint density at radius 2 is 1.50 bits per heavy atom. The summed E-state index contributed by atoms with van der Waals surface area (Å²) in [6.07, 6.45) is 8.44. The van der Waals surface area contributed by atoms with Crippen LogP contribution in [0.3, 0.4) is 0 Å². The highest BCUT2D eigenvalue weighted by Crippen LogP contribution is 2.49. The third-order valence-corrected chi connectivity index (χ3v) is 5.67. The summed E-state index contributed by atoms with van der Waals surface area (Å²) in [5.74, 6) is 0. The van der Waals surface area contributed by atoms with Crippen LogP contribution in [0.1, 0.15) is 43.5 Å². The molecule has 0 heterocycles. The van der Waals surface area contributed by atoms with Gasteiger partial charge >= 0.3 is 0 Å². The SMILES string of the molecule is CC=CC=CC(Nc1ccc2c(c1)C(C)(C)c1ccccc1-2)c1ccccc1. The van der Waals surface area contributed by atoms with Crippen molar-refractivity contribution in [2.75, 3.05) is 5.32 Å². The molecule has 0 amide bonds. The number of hydrogen-bond acceptors (Lipinski definition) is 1. The number of rotatable bonds is 5. The summed E-state index contributed by atoms with van der Waals surface area (Å²) < 4.78 is 0. The Morgan fingerprint density at radius 1 is 0.786 bits per heavy atom. The molecule has 1 nitrogen and oxygen atoms in total. The molecule has 0 bridgehead atoms. The Morgan fingerprint density at radius 3 is 2.29 bits per heavy atom. The lowest BCUT2D eigenvalue weighted by Gasteiger charge is -2.23.